The summed E-state index contributed by atoms with van der Waals surface area (Å²) in [6.45, 7) is 5.76. The molecule has 15 heavy (non-hydrogen) atoms. The predicted octanol–water partition coefficient (Wildman–Crippen LogP) is 2.93. The van der Waals surface area contributed by atoms with Crippen molar-refractivity contribution in [2.45, 2.75) is 65.4 Å². The molecule has 0 unspecified atom stereocenters. The van der Waals surface area contributed by atoms with Gasteiger partial charge in [0.15, 0.2) is 0 Å². The SMILES string of the molecule is CC(C)(C)C(=O)C[C@H](O)C1CCCCC1. The normalized spacial score (nSPS) is 21.3. The summed E-state index contributed by atoms with van der Waals surface area (Å²) >= 11 is 0. The van der Waals surface area contributed by atoms with Crippen molar-refractivity contribution in [1.82, 2.24) is 0 Å². The maximum Gasteiger partial charge on any atom is 0.140 e. The lowest BCUT2D eigenvalue weighted by Gasteiger charge is -2.28. The second-order valence-corrected chi connectivity index (χ2v) is 5.84. The number of hydrogen-bond acceptors (Lipinski definition) is 2. The molecule has 0 saturated heterocycles. The van der Waals surface area contributed by atoms with Crippen LogP contribution in [0.4, 0.5) is 0 Å². The highest BCUT2D eigenvalue weighted by Crippen LogP contribution is 2.29. The van der Waals surface area contributed by atoms with Crippen LogP contribution in [0.3, 0.4) is 0 Å². The minimum Gasteiger partial charge on any atom is -0.392 e. The maximum absolute atomic E-state index is 11.8. The fourth-order valence-corrected chi connectivity index (χ4v) is 2.18. The zero-order valence-corrected chi connectivity index (χ0v) is 10.3. The number of hydrogen-bond donors (Lipinski definition) is 1. The molecule has 0 heterocycles. The molecule has 2 nitrogen and oxygen atoms in total. The average Bonchev–Trinajstić information content (AvgIpc) is 2.17. The van der Waals surface area contributed by atoms with Gasteiger partial charge in [-0.3, -0.25) is 4.79 Å². The maximum atomic E-state index is 11.8. The van der Waals surface area contributed by atoms with E-state index in [1.54, 1.807) is 0 Å². The Morgan fingerprint density at radius 3 is 2.27 bits per heavy atom. The quantitative estimate of drug-likeness (QED) is 0.781. The molecule has 0 aliphatic heterocycles. The third-order valence-electron chi connectivity index (χ3n) is 3.43. The highest BCUT2D eigenvalue weighted by atomic mass is 16.3. The molecule has 0 amide bonds. The molecule has 0 aromatic rings. The van der Waals surface area contributed by atoms with Crippen LogP contribution in [0.1, 0.15) is 59.3 Å². The zero-order chi connectivity index (χ0) is 11.5. The Morgan fingerprint density at radius 2 is 1.80 bits per heavy atom. The molecule has 0 aromatic carbocycles. The monoisotopic (exact) mass is 212 g/mol. The fourth-order valence-electron chi connectivity index (χ4n) is 2.18. The first-order valence-corrected chi connectivity index (χ1v) is 6.12. The van der Waals surface area contributed by atoms with E-state index in [-0.39, 0.29) is 11.2 Å². The van der Waals surface area contributed by atoms with Crippen molar-refractivity contribution >= 4 is 5.78 Å². The molecule has 1 aliphatic carbocycles. The molecule has 1 fully saturated rings. The van der Waals surface area contributed by atoms with Crippen LogP contribution < -0.4 is 0 Å². The fraction of sp³-hybridized carbons (Fsp3) is 0.923. The molecule has 1 atom stereocenters. The standard InChI is InChI=1S/C13H24O2/c1-13(2,3)12(15)9-11(14)10-7-5-4-6-8-10/h10-11,14H,4-9H2,1-3H3/t11-/m0/s1. The van der Waals surface area contributed by atoms with Gasteiger partial charge in [0.1, 0.15) is 5.78 Å². The molecule has 2 heteroatoms. The Kier molecular flexibility index (Phi) is 4.32. The summed E-state index contributed by atoms with van der Waals surface area (Å²) < 4.78 is 0. The number of ketones is 1. The predicted molar refractivity (Wildman–Crippen MR) is 61.7 cm³/mol. The van der Waals surface area contributed by atoms with Crippen molar-refractivity contribution in [3.05, 3.63) is 0 Å². The van der Waals surface area contributed by atoms with E-state index in [1.807, 2.05) is 20.8 Å². The summed E-state index contributed by atoms with van der Waals surface area (Å²) in [5.41, 5.74) is -0.310. The molecule has 1 N–H and O–H groups in total. The van der Waals surface area contributed by atoms with Gasteiger partial charge in [-0.2, -0.15) is 0 Å². The Balaban J connectivity index is 2.40. The van der Waals surface area contributed by atoms with Crippen LogP contribution >= 0.6 is 0 Å². The first-order valence-electron chi connectivity index (χ1n) is 6.12. The molecule has 1 aliphatic rings. The molecule has 0 radical (unpaired) electrons. The van der Waals surface area contributed by atoms with Crippen molar-refractivity contribution in [1.29, 1.82) is 0 Å². The van der Waals surface area contributed by atoms with E-state index in [9.17, 15) is 9.90 Å². The van der Waals surface area contributed by atoms with E-state index in [1.165, 1.54) is 19.3 Å². The highest BCUT2D eigenvalue weighted by molar-refractivity contribution is 5.84. The average molecular weight is 212 g/mol. The first kappa shape index (κ1) is 12.7. The van der Waals surface area contributed by atoms with Gasteiger partial charge < -0.3 is 5.11 Å². The lowest BCUT2D eigenvalue weighted by molar-refractivity contribution is -0.129. The van der Waals surface area contributed by atoms with Crippen LogP contribution in [-0.4, -0.2) is 17.0 Å². The van der Waals surface area contributed by atoms with Crippen molar-refractivity contribution in [3.8, 4) is 0 Å². The Bertz CT molecular complexity index is 209. The molecule has 1 saturated carbocycles. The summed E-state index contributed by atoms with van der Waals surface area (Å²) in [4.78, 5) is 11.8. The summed E-state index contributed by atoms with van der Waals surface area (Å²) in [6.07, 6.45) is 5.84. The lowest BCUT2D eigenvalue weighted by atomic mass is 9.80. The summed E-state index contributed by atoms with van der Waals surface area (Å²) in [5, 5.41) is 9.99. The van der Waals surface area contributed by atoms with Gasteiger partial charge in [0.25, 0.3) is 0 Å². The van der Waals surface area contributed by atoms with E-state index in [0.717, 1.165) is 12.8 Å². The molecule has 88 valence electrons. The number of Topliss-reactive ketones (excluding diaryl/α,β-unsaturated/α-hetero) is 1. The Morgan fingerprint density at radius 1 is 1.27 bits per heavy atom. The third kappa shape index (κ3) is 3.94. The van der Waals surface area contributed by atoms with E-state index in [0.29, 0.717) is 12.3 Å². The Hall–Kier alpha value is -0.370. The molecule has 0 bridgehead atoms. The van der Waals surface area contributed by atoms with Gasteiger partial charge in [-0.1, -0.05) is 40.0 Å². The number of rotatable bonds is 3. The number of aliphatic hydroxyl groups excluding tert-OH is 1. The zero-order valence-electron chi connectivity index (χ0n) is 10.3. The van der Waals surface area contributed by atoms with Crippen LogP contribution in [0.25, 0.3) is 0 Å². The number of carbonyl (C=O) groups is 1. The van der Waals surface area contributed by atoms with Crippen molar-refractivity contribution < 1.29 is 9.90 Å². The van der Waals surface area contributed by atoms with Gasteiger partial charge in [-0.05, 0) is 18.8 Å². The largest absolute Gasteiger partial charge is 0.392 e. The second-order valence-electron chi connectivity index (χ2n) is 5.84. The van der Waals surface area contributed by atoms with Gasteiger partial charge in [-0.25, -0.2) is 0 Å². The summed E-state index contributed by atoms with van der Waals surface area (Å²) in [5.74, 6) is 0.547. The molecular formula is C13H24O2. The number of aliphatic hydroxyl groups is 1. The van der Waals surface area contributed by atoms with Gasteiger partial charge in [0.05, 0.1) is 6.10 Å². The van der Waals surface area contributed by atoms with E-state index in [4.69, 9.17) is 0 Å². The topological polar surface area (TPSA) is 37.3 Å². The third-order valence-corrected chi connectivity index (χ3v) is 3.43. The van der Waals surface area contributed by atoms with E-state index < -0.39 is 6.10 Å². The van der Waals surface area contributed by atoms with Gasteiger partial charge in [0, 0.05) is 11.8 Å². The molecular weight excluding hydrogens is 188 g/mol. The van der Waals surface area contributed by atoms with E-state index >= 15 is 0 Å². The molecule has 1 rings (SSSR count). The first-order chi connectivity index (χ1) is 6.91. The summed E-state index contributed by atoms with van der Waals surface area (Å²) in [7, 11) is 0. The van der Waals surface area contributed by atoms with Crippen LogP contribution in [0.5, 0.6) is 0 Å². The molecule has 0 spiro atoms. The second kappa shape index (κ2) is 5.11. The van der Waals surface area contributed by atoms with Crippen LogP contribution in [-0.2, 0) is 4.79 Å². The summed E-state index contributed by atoms with van der Waals surface area (Å²) in [6, 6.07) is 0. The minimum atomic E-state index is -0.406. The lowest BCUT2D eigenvalue weighted by Crippen LogP contribution is -2.30. The van der Waals surface area contributed by atoms with Crippen LogP contribution in [0.15, 0.2) is 0 Å². The van der Waals surface area contributed by atoms with Crippen molar-refractivity contribution in [2.24, 2.45) is 11.3 Å². The van der Waals surface area contributed by atoms with Crippen LogP contribution in [0, 0.1) is 11.3 Å². The van der Waals surface area contributed by atoms with Crippen molar-refractivity contribution in [3.63, 3.8) is 0 Å². The van der Waals surface area contributed by atoms with Crippen LogP contribution in [0.2, 0.25) is 0 Å². The van der Waals surface area contributed by atoms with Gasteiger partial charge in [0.2, 0.25) is 0 Å². The minimum absolute atomic E-state index is 0.181. The van der Waals surface area contributed by atoms with Gasteiger partial charge >= 0.3 is 0 Å². The van der Waals surface area contributed by atoms with E-state index in [2.05, 4.69) is 0 Å². The van der Waals surface area contributed by atoms with Crippen molar-refractivity contribution in [2.75, 3.05) is 0 Å². The highest BCUT2D eigenvalue weighted by Gasteiger charge is 2.28. The molecule has 0 aromatic heterocycles. The smallest absolute Gasteiger partial charge is 0.140 e. The number of carbonyl (C=O) groups excluding carboxylic acids is 1. The van der Waals surface area contributed by atoms with Gasteiger partial charge in [-0.15, -0.1) is 0 Å². The Labute approximate surface area is 93.1 Å².